The summed E-state index contributed by atoms with van der Waals surface area (Å²) in [5, 5.41) is 18.8. The Balaban J connectivity index is 1.81. The van der Waals surface area contributed by atoms with Crippen LogP contribution in [-0.4, -0.2) is 34.1 Å². The van der Waals surface area contributed by atoms with E-state index in [-0.39, 0.29) is 0 Å². The number of carbonyl (C=O) groups excluding carboxylic acids is 1. The van der Waals surface area contributed by atoms with Crippen molar-refractivity contribution in [2.24, 2.45) is 5.73 Å². The summed E-state index contributed by atoms with van der Waals surface area (Å²) in [7, 11) is 0. The van der Waals surface area contributed by atoms with Gasteiger partial charge < -0.3 is 21.7 Å². The van der Waals surface area contributed by atoms with Gasteiger partial charge >= 0.3 is 6.03 Å². The molecule has 0 aliphatic rings. The molecule has 0 unspecified atom stereocenters. The van der Waals surface area contributed by atoms with Gasteiger partial charge in [0.1, 0.15) is 5.82 Å². The lowest BCUT2D eigenvalue weighted by molar-refractivity contribution is 0.249. The third-order valence-electron chi connectivity index (χ3n) is 4.28. The van der Waals surface area contributed by atoms with Gasteiger partial charge in [-0.25, -0.2) is 4.79 Å². The lowest BCUT2D eigenvalue weighted by atomic mass is 10.1. The average molecular weight is 471 g/mol. The molecule has 2 amide bonds. The quantitative estimate of drug-likeness (QED) is 0.347. The van der Waals surface area contributed by atoms with Crippen LogP contribution in [-0.2, 0) is 6.42 Å². The molecule has 32 heavy (non-hydrogen) atoms. The maximum absolute atomic E-state index is 10.8. The number of amides is 2. The van der Waals surface area contributed by atoms with Crippen molar-refractivity contribution in [2.45, 2.75) is 12.8 Å². The summed E-state index contributed by atoms with van der Waals surface area (Å²) in [6.07, 6.45) is 0.930. The second-order valence-electron chi connectivity index (χ2n) is 6.66. The summed E-state index contributed by atoms with van der Waals surface area (Å²) in [5.74, 6) is 1.14. The topological polar surface area (TPSA) is 142 Å². The van der Waals surface area contributed by atoms with Crippen molar-refractivity contribution < 1.29 is 4.79 Å². The number of hydrogen-bond acceptors (Lipinski definition) is 7. The molecule has 5 N–H and O–H groups in total. The normalized spacial score (nSPS) is 10.3. The number of nitrogens with two attached hydrogens (primary N) is 1. The minimum Gasteiger partial charge on any atom is -0.354 e. The van der Waals surface area contributed by atoms with E-state index >= 15 is 0 Å². The number of aromatic nitrogens is 3. The van der Waals surface area contributed by atoms with E-state index in [4.69, 9.17) is 34.2 Å². The van der Waals surface area contributed by atoms with Crippen LogP contribution < -0.4 is 21.7 Å². The zero-order valence-corrected chi connectivity index (χ0v) is 18.4. The van der Waals surface area contributed by atoms with E-state index in [0.717, 1.165) is 0 Å². The van der Waals surface area contributed by atoms with Gasteiger partial charge in [0.15, 0.2) is 0 Å². The number of benzene rings is 2. The molecule has 0 fully saturated rings. The molecule has 0 saturated heterocycles. The molecule has 2 aromatic carbocycles. The van der Waals surface area contributed by atoms with E-state index in [9.17, 15) is 4.79 Å². The molecule has 3 rings (SSSR count). The number of carbonyl (C=O) groups is 1. The molecule has 0 aliphatic carbocycles. The highest BCUT2D eigenvalue weighted by molar-refractivity contribution is 6.36. The van der Waals surface area contributed by atoms with Gasteiger partial charge in [0.05, 0.1) is 11.6 Å². The van der Waals surface area contributed by atoms with Crippen molar-refractivity contribution in [1.82, 2.24) is 20.3 Å². The van der Waals surface area contributed by atoms with E-state index < -0.39 is 6.03 Å². The van der Waals surface area contributed by atoms with E-state index in [2.05, 4.69) is 37.0 Å². The number of hydrogen-bond donors (Lipinski definition) is 4. The highest BCUT2D eigenvalue weighted by Crippen LogP contribution is 2.26. The monoisotopic (exact) mass is 470 g/mol. The fourth-order valence-corrected chi connectivity index (χ4v) is 3.28. The van der Waals surface area contributed by atoms with E-state index in [1.807, 2.05) is 0 Å². The van der Waals surface area contributed by atoms with Crippen LogP contribution in [0.4, 0.5) is 22.4 Å². The summed E-state index contributed by atoms with van der Waals surface area (Å²) < 4.78 is 0. The second-order valence-corrected chi connectivity index (χ2v) is 7.48. The molecule has 0 spiro atoms. The van der Waals surface area contributed by atoms with Gasteiger partial charge in [-0.1, -0.05) is 29.3 Å². The number of anilines is 3. The Labute approximate surface area is 195 Å². The predicted octanol–water partition coefficient (Wildman–Crippen LogP) is 3.85. The standard InChI is InChI=1S/C21H20Cl2N8O/c22-16-3-1-4-17(23)15(16)11-18-29-20(27-10-2-9-26-19(25)32)31-21(30-18)28-14-7-5-13(12-24)6-8-14/h1,3-8H,2,9-11H2,(H3,25,26,32)(H2,27,28,29,30,31). The average Bonchev–Trinajstić information content (AvgIpc) is 2.76. The molecule has 0 atom stereocenters. The highest BCUT2D eigenvalue weighted by Gasteiger charge is 2.12. The highest BCUT2D eigenvalue weighted by atomic mass is 35.5. The van der Waals surface area contributed by atoms with Gasteiger partial charge in [-0.15, -0.1) is 0 Å². The number of primary amides is 1. The van der Waals surface area contributed by atoms with Gasteiger partial charge in [0.25, 0.3) is 0 Å². The van der Waals surface area contributed by atoms with Crippen LogP contribution in [0.5, 0.6) is 0 Å². The number of urea groups is 1. The van der Waals surface area contributed by atoms with Gasteiger partial charge in [0.2, 0.25) is 11.9 Å². The Morgan fingerprint density at radius 3 is 2.34 bits per heavy atom. The smallest absolute Gasteiger partial charge is 0.312 e. The van der Waals surface area contributed by atoms with Crippen LogP contribution in [0.2, 0.25) is 10.0 Å². The second kappa shape index (κ2) is 11.1. The Hall–Kier alpha value is -3.61. The van der Waals surface area contributed by atoms with Gasteiger partial charge in [-0.05, 0) is 48.4 Å². The SMILES string of the molecule is N#Cc1ccc(Nc2nc(Cc3c(Cl)cccc3Cl)nc(NCCCNC(N)=O)n2)cc1. The van der Waals surface area contributed by atoms with Gasteiger partial charge in [0, 0.05) is 35.2 Å². The number of rotatable bonds is 9. The van der Waals surface area contributed by atoms with E-state index in [0.29, 0.717) is 70.5 Å². The molecule has 9 nitrogen and oxygen atoms in total. The summed E-state index contributed by atoms with van der Waals surface area (Å²) in [6, 6.07) is 13.7. The van der Waals surface area contributed by atoms with Crippen LogP contribution in [0.3, 0.4) is 0 Å². The predicted molar refractivity (Wildman–Crippen MR) is 124 cm³/mol. The summed E-state index contributed by atoms with van der Waals surface area (Å²) in [5.41, 5.74) is 7.04. The zero-order chi connectivity index (χ0) is 22.9. The molecule has 11 heteroatoms. The fraction of sp³-hybridized carbons (Fsp3) is 0.190. The molecule has 0 aliphatic heterocycles. The molecule has 1 aromatic heterocycles. The number of halogens is 2. The van der Waals surface area contributed by atoms with Crippen LogP contribution in [0, 0.1) is 11.3 Å². The molecule has 1 heterocycles. The van der Waals surface area contributed by atoms with Crippen LogP contribution in [0.1, 0.15) is 23.4 Å². The van der Waals surface area contributed by atoms with E-state index in [1.54, 1.807) is 42.5 Å². The minimum atomic E-state index is -0.571. The zero-order valence-electron chi connectivity index (χ0n) is 16.9. The van der Waals surface area contributed by atoms with Crippen molar-refractivity contribution in [3.8, 4) is 6.07 Å². The third kappa shape index (κ3) is 6.70. The fourth-order valence-electron chi connectivity index (χ4n) is 2.75. The maximum Gasteiger partial charge on any atom is 0.312 e. The van der Waals surface area contributed by atoms with Crippen molar-refractivity contribution in [3.05, 3.63) is 69.5 Å². The van der Waals surface area contributed by atoms with Crippen molar-refractivity contribution >= 4 is 46.8 Å². The van der Waals surface area contributed by atoms with Crippen LogP contribution in [0.15, 0.2) is 42.5 Å². The van der Waals surface area contributed by atoms with Crippen LogP contribution >= 0.6 is 23.2 Å². The first-order chi connectivity index (χ1) is 15.4. The van der Waals surface area contributed by atoms with Crippen LogP contribution in [0.25, 0.3) is 0 Å². The molecule has 164 valence electrons. The Kier molecular flexibility index (Phi) is 8.02. The number of nitrogens with one attached hydrogen (secondary N) is 3. The molecule has 0 bridgehead atoms. The largest absolute Gasteiger partial charge is 0.354 e. The Morgan fingerprint density at radius 1 is 1.00 bits per heavy atom. The first-order valence-corrected chi connectivity index (χ1v) is 10.4. The minimum absolute atomic E-state index is 0.307. The van der Waals surface area contributed by atoms with Crippen molar-refractivity contribution in [3.63, 3.8) is 0 Å². The third-order valence-corrected chi connectivity index (χ3v) is 4.99. The first-order valence-electron chi connectivity index (χ1n) is 9.67. The molecule has 3 aromatic rings. The lowest BCUT2D eigenvalue weighted by Crippen LogP contribution is -2.31. The number of nitriles is 1. The van der Waals surface area contributed by atoms with Gasteiger partial charge in [-0.3, -0.25) is 0 Å². The maximum atomic E-state index is 10.8. The van der Waals surface area contributed by atoms with E-state index in [1.165, 1.54) is 0 Å². The molecular formula is C21H20Cl2N8O. The Bertz CT molecular complexity index is 1110. The van der Waals surface area contributed by atoms with Crippen molar-refractivity contribution in [1.29, 1.82) is 5.26 Å². The summed E-state index contributed by atoms with van der Waals surface area (Å²) in [6.45, 7) is 0.929. The lowest BCUT2D eigenvalue weighted by Gasteiger charge is -2.12. The van der Waals surface area contributed by atoms with Gasteiger partial charge in [-0.2, -0.15) is 20.2 Å². The summed E-state index contributed by atoms with van der Waals surface area (Å²) >= 11 is 12.6. The molecular weight excluding hydrogens is 451 g/mol. The molecule has 0 saturated carbocycles. The molecule has 0 radical (unpaired) electrons. The first kappa shape index (κ1) is 23.1. The van der Waals surface area contributed by atoms with Crippen molar-refractivity contribution in [2.75, 3.05) is 23.7 Å². The Morgan fingerprint density at radius 2 is 1.69 bits per heavy atom. The summed E-state index contributed by atoms with van der Waals surface area (Å²) in [4.78, 5) is 24.1. The number of nitrogens with zero attached hydrogens (tertiary/aromatic N) is 4.